The standard InChI is InChI=1S/C30H33NO8/c1-6-36-27(32)15-16-39-26-17-22(35-5)13-14-23(26)28-24(29(33)37-7-2)18-31(19-25(28)30(34)38-8-3)21-11-9-20(4)10-12-21/h9-19,28H,6-8H2,1-5H3/b16-15+. The number of rotatable bonds is 11. The van der Waals surface area contributed by atoms with Crippen LogP contribution >= 0.6 is 0 Å². The Morgan fingerprint density at radius 2 is 1.44 bits per heavy atom. The van der Waals surface area contributed by atoms with Crippen LogP contribution in [0.1, 0.15) is 37.8 Å². The zero-order valence-electron chi connectivity index (χ0n) is 22.8. The van der Waals surface area contributed by atoms with Crippen LogP contribution in [-0.2, 0) is 28.6 Å². The number of hydrogen-bond acceptors (Lipinski definition) is 9. The first kappa shape index (κ1) is 29.0. The maximum absolute atomic E-state index is 13.3. The minimum absolute atomic E-state index is 0.139. The number of hydrogen-bond donors (Lipinski definition) is 0. The molecule has 2 aromatic rings. The largest absolute Gasteiger partial charge is 0.497 e. The van der Waals surface area contributed by atoms with Crippen LogP contribution in [0.15, 0.2) is 78.3 Å². The van der Waals surface area contributed by atoms with Crippen molar-refractivity contribution in [3.63, 3.8) is 0 Å². The summed E-state index contributed by atoms with van der Waals surface area (Å²) in [6, 6.07) is 12.6. The molecule has 0 aliphatic carbocycles. The average Bonchev–Trinajstić information content (AvgIpc) is 2.93. The van der Waals surface area contributed by atoms with Crippen LogP contribution in [0, 0.1) is 6.92 Å². The minimum atomic E-state index is -0.901. The van der Waals surface area contributed by atoms with E-state index in [1.165, 1.54) is 13.4 Å². The number of carbonyl (C=O) groups excluding carboxylic acids is 3. The number of ether oxygens (including phenoxy) is 5. The van der Waals surface area contributed by atoms with E-state index in [2.05, 4.69) is 0 Å². The molecule has 0 aromatic heterocycles. The van der Waals surface area contributed by atoms with Crippen molar-refractivity contribution >= 4 is 23.6 Å². The number of aryl methyl sites for hydroxylation is 1. The highest BCUT2D eigenvalue weighted by Gasteiger charge is 2.37. The number of benzene rings is 2. The minimum Gasteiger partial charge on any atom is -0.497 e. The first-order chi connectivity index (χ1) is 18.8. The Kier molecular flexibility index (Phi) is 10.3. The summed E-state index contributed by atoms with van der Waals surface area (Å²) in [6.07, 6.45) is 5.59. The van der Waals surface area contributed by atoms with Crippen molar-refractivity contribution in [2.75, 3.05) is 31.8 Å². The predicted octanol–water partition coefficient (Wildman–Crippen LogP) is 4.96. The van der Waals surface area contributed by atoms with Crippen LogP contribution in [0.25, 0.3) is 0 Å². The van der Waals surface area contributed by atoms with E-state index in [-0.39, 0.29) is 36.7 Å². The molecular formula is C30H33NO8. The third kappa shape index (κ3) is 7.28. The van der Waals surface area contributed by atoms with Gasteiger partial charge in [-0.1, -0.05) is 23.8 Å². The van der Waals surface area contributed by atoms with Gasteiger partial charge in [0.1, 0.15) is 11.5 Å². The third-order valence-electron chi connectivity index (χ3n) is 5.75. The van der Waals surface area contributed by atoms with Gasteiger partial charge in [-0.3, -0.25) is 0 Å². The average molecular weight is 536 g/mol. The van der Waals surface area contributed by atoms with E-state index in [4.69, 9.17) is 23.7 Å². The highest BCUT2D eigenvalue weighted by atomic mass is 16.5. The molecule has 2 aromatic carbocycles. The molecule has 0 atom stereocenters. The zero-order valence-corrected chi connectivity index (χ0v) is 22.8. The summed E-state index contributed by atoms with van der Waals surface area (Å²) in [7, 11) is 1.50. The lowest BCUT2D eigenvalue weighted by Gasteiger charge is -2.31. The van der Waals surface area contributed by atoms with Crippen molar-refractivity contribution in [3.05, 3.63) is 89.5 Å². The third-order valence-corrected chi connectivity index (χ3v) is 5.75. The molecule has 0 saturated carbocycles. The Balaban J connectivity index is 2.19. The van der Waals surface area contributed by atoms with Crippen LogP contribution in [0.2, 0.25) is 0 Å². The highest BCUT2D eigenvalue weighted by molar-refractivity contribution is 6.00. The van der Waals surface area contributed by atoms with Gasteiger partial charge in [0.05, 0.1) is 56.3 Å². The van der Waals surface area contributed by atoms with Crippen LogP contribution in [0.5, 0.6) is 11.5 Å². The molecule has 0 spiro atoms. The quantitative estimate of drug-likeness (QED) is 0.171. The molecule has 39 heavy (non-hydrogen) atoms. The van der Waals surface area contributed by atoms with Crippen LogP contribution in [0.4, 0.5) is 5.69 Å². The Morgan fingerprint density at radius 1 is 0.846 bits per heavy atom. The SMILES string of the molecule is CCOC(=O)/C=C/Oc1cc(OC)ccc1C1C(C(=O)OCC)=CN(c2ccc(C)cc2)C=C1C(=O)OCC. The van der Waals surface area contributed by atoms with Gasteiger partial charge < -0.3 is 28.6 Å². The molecule has 0 N–H and O–H groups in total. The molecule has 9 heteroatoms. The van der Waals surface area contributed by atoms with Crippen molar-refractivity contribution in [2.45, 2.75) is 33.6 Å². The van der Waals surface area contributed by atoms with Crippen molar-refractivity contribution in [3.8, 4) is 11.5 Å². The summed E-state index contributed by atoms with van der Waals surface area (Å²) in [6.45, 7) is 7.57. The van der Waals surface area contributed by atoms with E-state index >= 15 is 0 Å². The molecule has 0 bridgehead atoms. The summed E-state index contributed by atoms with van der Waals surface area (Å²) < 4.78 is 26.9. The fourth-order valence-electron chi connectivity index (χ4n) is 3.96. The summed E-state index contributed by atoms with van der Waals surface area (Å²) in [5.74, 6) is -1.95. The second-order valence-corrected chi connectivity index (χ2v) is 8.36. The number of nitrogens with zero attached hydrogens (tertiary/aromatic N) is 1. The Labute approximate surface area is 228 Å². The summed E-state index contributed by atoms with van der Waals surface area (Å²) in [4.78, 5) is 40.1. The molecule has 0 fully saturated rings. The normalized spacial score (nSPS) is 13.4. The Morgan fingerprint density at radius 3 is 1.97 bits per heavy atom. The number of carbonyl (C=O) groups is 3. The van der Waals surface area contributed by atoms with E-state index in [0.717, 1.165) is 17.3 Å². The van der Waals surface area contributed by atoms with Crippen LogP contribution in [-0.4, -0.2) is 44.8 Å². The topological polar surface area (TPSA) is 101 Å². The summed E-state index contributed by atoms with van der Waals surface area (Å²) in [5.41, 5.74) is 2.67. The molecule has 3 rings (SSSR count). The smallest absolute Gasteiger partial charge is 0.336 e. The number of esters is 3. The molecule has 206 valence electrons. The van der Waals surface area contributed by atoms with Crippen molar-refractivity contribution in [1.29, 1.82) is 0 Å². The lowest BCUT2D eigenvalue weighted by atomic mass is 9.82. The molecule has 1 aliphatic heterocycles. The molecule has 0 saturated heterocycles. The molecule has 0 unspecified atom stereocenters. The van der Waals surface area contributed by atoms with Gasteiger partial charge in [-0.05, 0) is 45.9 Å². The fourth-order valence-corrected chi connectivity index (χ4v) is 3.96. The maximum Gasteiger partial charge on any atom is 0.336 e. The Bertz CT molecular complexity index is 1240. The lowest BCUT2D eigenvalue weighted by Crippen LogP contribution is -2.29. The Hall–Kier alpha value is -4.53. The first-order valence-corrected chi connectivity index (χ1v) is 12.6. The van der Waals surface area contributed by atoms with Crippen molar-refractivity contribution in [2.24, 2.45) is 0 Å². The van der Waals surface area contributed by atoms with E-state index in [0.29, 0.717) is 11.3 Å². The van der Waals surface area contributed by atoms with Crippen molar-refractivity contribution < 1.29 is 38.1 Å². The molecule has 0 amide bonds. The second kappa shape index (κ2) is 13.9. The summed E-state index contributed by atoms with van der Waals surface area (Å²) in [5, 5.41) is 0. The number of methoxy groups -OCH3 is 1. The molecule has 1 aliphatic rings. The van der Waals surface area contributed by atoms with Gasteiger partial charge in [0.2, 0.25) is 0 Å². The number of anilines is 1. The zero-order chi connectivity index (χ0) is 28.4. The van der Waals surface area contributed by atoms with Crippen LogP contribution < -0.4 is 14.4 Å². The van der Waals surface area contributed by atoms with E-state index in [1.54, 1.807) is 56.3 Å². The van der Waals surface area contributed by atoms with E-state index in [9.17, 15) is 14.4 Å². The maximum atomic E-state index is 13.3. The highest BCUT2D eigenvalue weighted by Crippen LogP contribution is 2.43. The van der Waals surface area contributed by atoms with Gasteiger partial charge in [0.15, 0.2) is 0 Å². The van der Waals surface area contributed by atoms with Gasteiger partial charge in [-0.15, -0.1) is 0 Å². The fraction of sp³-hybridized carbons (Fsp3) is 0.300. The summed E-state index contributed by atoms with van der Waals surface area (Å²) >= 11 is 0. The molecule has 9 nitrogen and oxygen atoms in total. The van der Waals surface area contributed by atoms with Crippen molar-refractivity contribution in [1.82, 2.24) is 0 Å². The first-order valence-electron chi connectivity index (χ1n) is 12.6. The lowest BCUT2D eigenvalue weighted by molar-refractivity contribution is -0.140. The molecule has 1 heterocycles. The second-order valence-electron chi connectivity index (χ2n) is 8.36. The molecular weight excluding hydrogens is 502 g/mol. The monoisotopic (exact) mass is 535 g/mol. The van der Waals surface area contributed by atoms with Gasteiger partial charge in [0.25, 0.3) is 0 Å². The molecule has 0 radical (unpaired) electrons. The van der Waals surface area contributed by atoms with Gasteiger partial charge >= 0.3 is 17.9 Å². The van der Waals surface area contributed by atoms with Gasteiger partial charge in [0, 0.05) is 29.7 Å². The van der Waals surface area contributed by atoms with Crippen LogP contribution in [0.3, 0.4) is 0 Å². The predicted molar refractivity (Wildman–Crippen MR) is 145 cm³/mol. The van der Waals surface area contributed by atoms with Gasteiger partial charge in [-0.25, -0.2) is 14.4 Å². The van der Waals surface area contributed by atoms with E-state index in [1.807, 2.05) is 31.2 Å². The van der Waals surface area contributed by atoms with Gasteiger partial charge in [-0.2, -0.15) is 0 Å². The van der Waals surface area contributed by atoms with E-state index < -0.39 is 23.8 Å².